The Morgan fingerprint density at radius 2 is 1.69 bits per heavy atom. The van der Waals surface area contributed by atoms with Gasteiger partial charge in [-0.1, -0.05) is 54.0 Å². The van der Waals surface area contributed by atoms with Gasteiger partial charge in [-0.05, 0) is 125 Å². The fraction of sp³-hybridized carbons (Fsp3) is 0.822. The summed E-state index contributed by atoms with van der Waals surface area (Å²) < 4.78 is 6.19. The van der Waals surface area contributed by atoms with Crippen LogP contribution in [0.3, 0.4) is 0 Å². The molecule has 0 radical (unpaired) electrons. The largest absolute Gasteiger partial charge is 0.481 e. The number of fused-ring (bicyclic) bond motifs is 7. The van der Waals surface area contributed by atoms with Gasteiger partial charge in [0.15, 0.2) is 5.78 Å². The first-order chi connectivity index (χ1) is 25.5. The zero-order chi connectivity index (χ0) is 40.5. The molecule has 10 heteroatoms. The summed E-state index contributed by atoms with van der Waals surface area (Å²) in [6, 6.07) is 0. The molecule has 55 heavy (non-hydrogen) atoms. The highest BCUT2D eigenvalue weighted by Crippen LogP contribution is 2.77. The van der Waals surface area contributed by atoms with Crippen LogP contribution in [0.4, 0.5) is 0 Å². The Kier molecular flexibility index (Phi) is 11.5. The van der Waals surface area contributed by atoms with Gasteiger partial charge >= 0.3 is 11.9 Å². The third-order valence-corrected chi connectivity index (χ3v) is 17.4. The molecule has 0 aliphatic heterocycles. The van der Waals surface area contributed by atoms with Crippen LogP contribution < -0.4 is 0 Å². The van der Waals surface area contributed by atoms with E-state index in [-0.39, 0.29) is 51.8 Å². The van der Waals surface area contributed by atoms with Crippen LogP contribution in [0, 0.1) is 56.2 Å². The molecule has 5 aliphatic rings. The number of allylic oxidation sites excluding steroid dienone is 1. The van der Waals surface area contributed by atoms with Crippen LogP contribution in [0.25, 0.3) is 0 Å². The van der Waals surface area contributed by atoms with Crippen LogP contribution in [0.5, 0.6) is 0 Å². The van der Waals surface area contributed by atoms with E-state index in [9.17, 15) is 24.6 Å². The number of Topliss-reactive ketones (excluding diaryl/α,β-unsaturated/α-hetero) is 1. The number of hydrogen-bond donors (Lipinski definition) is 2. The van der Waals surface area contributed by atoms with Gasteiger partial charge in [-0.2, -0.15) is 0 Å². The normalized spacial score (nSPS) is 36.4. The van der Waals surface area contributed by atoms with Crippen molar-refractivity contribution >= 4 is 29.1 Å². The summed E-state index contributed by atoms with van der Waals surface area (Å²) in [5, 5.41) is 22.2. The van der Waals surface area contributed by atoms with Gasteiger partial charge in [-0.3, -0.25) is 24.3 Å². The fourth-order valence-electron chi connectivity index (χ4n) is 13.4. The molecule has 6 rings (SSSR count). The van der Waals surface area contributed by atoms with E-state index >= 15 is 0 Å². The number of carboxylic acid groups (broad SMARTS) is 1. The monoisotopic (exact) mass is 782 g/mol. The molecule has 9 nitrogen and oxygen atoms in total. The lowest BCUT2D eigenvalue weighted by molar-refractivity contribution is -0.235. The van der Waals surface area contributed by atoms with Gasteiger partial charge in [0, 0.05) is 54.5 Å². The predicted molar refractivity (Wildman–Crippen MR) is 217 cm³/mol. The van der Waals surface area contributed by atoms with Gasteiger partial charge in [-0.25, -0.2) is 0 Å². The predicted octanol–water partition coefficient (Wildman–Crippen LogP) is 8.26. The zero-order valence-electron chi connectivity index (χ0n) is 35.8. The summed E-state index contributed by atoms with van der Waals surface area (Å²) in [6.45, 7) is 22.7. The van der Waals surface area contributed by atoms with Gasteiger partial charge in [-0.15, -0.1) is 11.3 Å². The lowest BCUT2D eigenvalue weighted by Gasteiger charge is -2.72. The Balaban J connectivity index is 1.28. The Labute approximate surface area is 335 Å². The number of aliphatic hydroxyl groups excluding tert-OH is 1. The van der Waals surface area contributed by atoms with E-state index in [1.54, 1.807) is 25.2 Å². The molecule has 2 N–H and O–H groups in total. The average Bonchev–Trinajstić information content (AvgIpc) is 3.70. The van der Waals surface area contributed by atoms with Crippen molar-refractivity contribution in [2.24, 2.45) is 56.2 Å². The van der Waals surface area contributed by atoms with Crippen LogP contribution in [0.1, 0.15) is 131 Å². The molecule has 1 unspecified atom stereocenters. The molecule has 4 saturated carbocycles. The van der Waals surface area contributed by atoms with Crippen molar-refractivity contribution in [3.05, 3.63) is 27.7 Å². The number of ether oxygens (including phenoxy) is 1. The summed E-state index contributed by atoms with van der Waals surface area (Å²) in [5.74, 6) is 0.0603. The fourth-order valence-corrected chi connectivity index (χ4v) is 14.1. The second-order valence-electron chi connectivity index (χ2n) is 21.1. The molecule has 1 aromatic heterocycles. The molecule has 0 aromatic carbocycles. The quantitative estimate of drug-likeness (QED) is 0.191. The SMILES string of the molecule is CC(C)C1=C2[C@H]3CC[C@@H]4[C@@]5(C)CCC(OC(=O)CC(C)(C)C(=O)O)C(C)(C)[C@@H]5CC[C@@]4(C)[C@]3(C)CC[C@@]2([C@@H](O)CN(CCN(C)C)Cc2cncs2)CC1=O. The molecule has 9 atom stereocenters. The number of carbonyl (C=O) groups excluding carboxylic acids is 2. The number of aliphatic hydroxyl groups is 1. The van der Waals surface area contributed by atoms with Crippen molar-refractivity contribution < 1.29 is 29.3 Å². The van der Waals surface area contributed by atoms with Crippen LogP contribution in [0.15, 0.2) is 22.9 Å². The van der Waals surface area contributed by atoms with Gasteiger partial charge in [0.25, 0.3) is 0 Å². The maximum absolute atomic E-state index is 14.3. The highest BCUT2D eigenvalue weighted by molar-refractivity contribution is 7.09. The summed E-state index contributed by atoms with van der Waals surface area (Å²) in [6.07, 6.45) is 9.18. The number of nitrogens with zero attached hydrogens (tertiary/aromatic N) is 3. The molecular formula is C45H71N3O6S. The van der Waals surface area contributed by atoms with Crippen molar-refractivity contribution in [3.8, 4) is 0 Å². The lowest BCUT2D eigenvalue weighted by Crippen LogP contribution is -2.66. The zero-order valence-corrected chi connectivity index (χ0v) is 36.6. The van der Waals surface area contributed by atoms with E-state index in [4.69, 9.17) is 4.74 Å². The topological polar surface area (TPSA) is 120 Å². The van der Waals surface area contributed by atoms with Crippen molar-refractivity contribution in [1.29, 1.82) is 0 Å². The summed E-state index contributed by atoms with van der Waals surface area (Å²) >= 11 is 1.65. The Morgan fingerprint density at radius 1 is 0.982 bits per heavy atom. The maximum atomic E-state index is 14.3. The summed E-state index contributed by atoms with van der Waals surface area (Å²) in [5.41, 5.74) is 2.34. The number of ketones is 1. The summed E-state index contributed by atoms with van der Waals surface area (Å²) in [4.78, 5) is 49.3. The van der Waals surface area contributed by atoms with Crippen LogP contribution in [-0.4, -0.2) is 88.7 Å². The van der Waals surface area contributed by atoms with Crippen LogP contribution >= 0.6 is 11.3 Å². The molecular weight excluding hydrogens is 711 g/mol. The highest BCUT2D eigenvalue weighted by Gasteiger charge is 2.71. The number of aromatic nitrogens is 1. The van der Waals surface area contributed by atoms with Gasteiger partial charge < -0.3 is 19.8 Å². The average molecular weight is 782 g/mol. The second-order valence-corrected chi connectivity index (χ2v) is 22.0. The van der Waals surface area contributed by atoms with E-state index in [0.29, 0.717) is 24.8 Å². The van der Waals surface area contributed by atoms with Crippen molar-refractivity contribution in [3.63, 3.8) is 0 Å². The highest BCUT2D eigenvalue weighted by atomic mass is 32.1. The van der Waals surface area contributed by atoms with E-state index in [0.717, 1.165) is 76.6 Å². The molecule has 5 aliphatic carbocycles. The van der Waals surface area contributed by atoms with Crippen molar-refractivity contribution in [2.75, 3.05) is 33.7 Å². The number of thiazole rings is 1. The number of rotatable bonds is 13. The van der Waals surface area contributed by atoms with Gasteiger partial charge in [0.1, 0.15) is 6.10 Å². The smallest absolute Gasteiger partial charge is 0.309 e. The molecule has 0 saturated heterocycles. The standard InChI is InChI=1S/C45H71N3O6S/c1-28(2)37-31(49)22-45(34(50)26-48(21-20-47(10)11)25-29-24-46-27-55-29)19-18-43(8)30(38(37)45)12-13-33-42(7)16-15-35(54-36(51)23-40(3,4)39(52)53)41(5,6)32(42)14-17-44(33,43)9/h24,27-28,30,32-35,50H,12-23,25-26H2,1-11H3,(H,52,53)/t30-,32+,33-,34+,35?,42+,43-,44-,45+/m1/s1. The van der Waals surface area contributed by atoms with E-state index in [1.165, 1.54) is 10.5 Å². The Hall–Kier alpha value is -2.14. The van der Waals surface area contributed by atoms with Crippen molar-refractivity contribution in [2.45, 2.75) is 145 Å². The third-order valence-electron chi connectivity index (χ3n) is 16.7. The Bertz CT molecular complexity index is 1650. The summed E-state index contributed by atoms with van der Waals surface area (Å²) in [7, 11) is 4.18. The number of esters is 1. The maximum Gasteiger partial charge on any atom is 0.309 e. The molecule has 0 amide bonds. The molecule has 0 spiro atoms. The van der Waals surface area contributed by atoms with E-state index in [1.807, 2.05) is 11.7 Å². The van der Waals surface area contributed by atoms with Crippen LogP contribution in [-0.2, 0) is 25.7 Å². The number of carbonyl (C=O) groups is 3. The Morgan fingerprint density at radius 3 is 2.31 bits per heavy atom. The van der Waals surface area contributed by atoms with Crippen molar-refractivity contribution in [1.82, 2.24) is 14.8 Å². The first-order valence-electron chi connectivity index (χ1n) is 21.2. The minimum atomic E-state index is -1.17. The van der Waals surface area contributed by atoms with Gasteiger partial charge in [0.05, 0.1) is 23.5 Å². The molecule has 1 aromatic rings. The molecule has 4 fully saturated rings. The second kappa shape index (κ2) is 14.9. The number of aliphatic carboxylic acids is 1. The number of hydrogen-bond acceptors (Lipinski definition) is 9. The molecule has 0 bridgehead atoms. The minimum Gasteiger partial charge on any atom is -0.481 e. The first kappa shape index (κ1) is 42.5. The number of likely N-dealkylation sites (N-methyl/N-ethyl adjacent to an activating group) is 1. The molecule has 308 valence electrons. The van der Waals surface area contributed by atoms with Crippen LogP contribution in [0.2, 0.25) is 0 Å². The molecule has 1 heterocycles. The minimum absolute atomic E-state index is 0.0175. The first-order valence-corrected chi connectivity index (χ1v) is 22.0. The third kappa shape index (κ3) is 7.09. The lowest BCUT2D eigenvalue weighted by atomic mass is 9.33. The van der Waals surface area contributed by atoms with E-state index in [2.05, 4.69) is 77.3 Å². The van der Waals surface area contributed by atoms with Gasteiger partial charge in [0.2, 0.25) is 0 Å². The van der Waals surface area contributed by atoms with E-state index < -0.39 is 28.9 Å². The number of carboxylic acids is 1.